The zero-order valence-corrected chi connectivity index (χ0v) is 20.3. The lowest BCUT2D eigenvalue weighted by atomic mass is 10.0. The van der Waals surface area contributed by atoms with Gasteiger partial charge in [0.25, 0.3) is 0 Å². The molecule has 0 bridgehead atoms. The van der Waals surface area contributed by atoms with Crippen molar-refractivity contribution in [2.24, 2.45) is 12.8 Å². The maximum Gasteiger partial charge on any atom is 0.229 e. The van der Waals surface area contributed by atoms with Crippen molar-refractivity contribution in [2.75, 3.05) is 11.9 Å². The first-order valence-electron chi connectivity index (χ1n) is 11.4. The number of aryl methyl sites for hydroxylation is 2. The van der Waals surface area contributed by atoms with E-state index in [1.165, 1.54) is 5.56 Å². The molecule has 0 radical (unpaired) electrons. The molecule has 0 aliphatic heterocycles. The summed E-state index contributed by atoms with van der Waals surface area (Å²) in [6.07, 6.45) is 4.08. The number of carbonyl (C=O) groups is 1. The van der Waals surface area contributed by atoms with Gasteiger partial charge in [0.15, 0.2) is 0 Å². The number of amides is 1. The lowest BCUT2D eigenvalue weighted by Crippen LogP contribution is -2.15. The van der Waals surface area contributed by atoms with Crippen LogP contribution in [0.4, 0.5) is 5.82 Å². The molecule has 4 aromatic rings. The molecular weight excluding hydrogens is 436 g/mol. The molecule has 7 heteroatoms. The van der Waals surface area contributed by atoms with Crippen LogP contribution < -0.4 is 11.1 Å². The van der Waals surface area contributed by atoms with E-state index in [4.69, 9.17) is 11.0 Å². The van der Waals surface area contributed by atoms with Gasteiger partial charge in [-0.25, -0.2) is 4.98 Å². The van der Waals surface area contributed by atoms with Gasteiger partial charge in [-0.3, -0.25) is 9.48 Å². The SMILES string of the molecule is CC(CN)c1ccc(C#N)cc1.Cc1nc(NC(=O)Cc2ccccc2)ccc1-c1cnn(C)c1. The number of pyridine rings is 1. The van der Waals surface area contributed by atoms with Gasteiger partial charge in [-0.15, -0.1) is 0 Å². The van der Waals surface area contributed by atoms with Gasteiger partial charge in [-0.2, -0.15) is 10.4 Å². The molecule has 178 valence electrons. The summed E-state index contributed by atoms with van der Waals surface area (Å²) in [4.78, 5) is 16.6. The van der Waals surface area contributed by atoms with Crippen molar-refractivity contribution in [3.05, 3.63) is 102 Å². The molecule has 1 amide bonds. The topological polar surface area (TPSA) is 110 Å². The van der Waals surface area contributed by atoms with E-state index in [2.05, 4.69) is 28.4 Å². The van der Waals surface area contributed by atoms with Crippen molar-refractivity contribution >= 4 is 11.7 Å². The van der Waals surface area contributed by atoms with Crippen LogP contribution in [0.2, 0.25) is 0 Å². The summed E-state index contributed by atoms with van der Waals surface area (Å²) >= 11 is 0. The highest BCUT2D eigenvalue weighted by molar-refractivity contribution is 5.91. The fourth-order valence-corrected chi connectivity index (χ4v) is 3.49. The van der Waals surface area contributed by atoms with E-state index in [9.17, 15) is 4.79 Å². The number of nitrogens with two attached hydrogens (primary N) is 1. The maximum absolute atomic E-state index is 12.1. The van der Waals surface area contributed by atoms with Crippen LogP contribution in [0.1, 0.15) is 35.2 Å². The molecule has 0 fully saturated rings. The predicted octanol–water partition coefficient (Wildman–Crippen LogP) is 4.59. The van der Waals surface area contributed by atoms with E-state index in [0.717, 1.165) is 22.4 Å². The van der Waals surface area contributed by atoms with E-state index >= 15 is 0 Å². The first-order valence-corrected chi connectivity index (χ1v) is 11.4. The van der Waals surface area contributed by atoms with Gasteiger partial charge >= 0.3 is 0 Å². The number of anilines is 1. The third-order valence-electron chi connectivity index (χ3n) is 5.54. The van der Waals surface area contributed by atoms with Gasteiger partial charge in [0.2, 0.25) is 5.91 Å². The quantitative estimate of drug-likeness (QED) is 0.432. The Labute approximate surface area is 206 Å². The number of hydrogen-bond acceptors (Lipinski definition) is 5. The fourth-order valence-electron chi connectivity index (χ4n) is 3.49. The van der Waals surface area contributed by atoms with Crippen LogP contribution in [0.15, 0.2) is 79.1 Å². The molecule has 35 heavy (non-hydrogen) atoms. The Morgan fingerprint density at radius 3 is 2.40 bits per heavy atom. The number of benzene rings is 2. The van der Waals surface area contributed by atoms with Crippen molar-refractivity contribution in [1.29, 1.82) is 5.26 Å². The minimum atomic E-state index is -0.0720. The highest BCUT2D eigenvalue weighted by Gasteiger charge is 2.09. The van der Waals surface area contributed by atoms with Crippen molar-refractivity contribution in [3.63, 3.8) is 0 Å². The summed E-state index contributed by atoms with van der Waals surface area (Å²) in [5.41, 5.74) is 11.3. The Morgan fingerprint density at radius 1 is 1.11 bits per heavy atom. The van der Waals surface area contributed by atoms with Crippen LogP contribution >= 0.6 is 0 Å². The number of nitrogens with one attached hydrogen (secondary N) is 1. The smallest absolute Gasteiger partial charge is 0.229 e. The summed E-state index contributed by atoms with van der Waals surface area (Å²) < 4.78 is 1.75. The Kier molecular flexibility index (Phi) is 8.88. The van der Waals surface area contributed by atoms with Gasteiger partial charge in [-0.1, -0.05) is 49.4 Å². The van der Waals surface area contributed by atoms with Crippen LogP contribution in [0.3, 0.4) is 0 Å². The number of carbonyl (C=O) groups excluding carboxylic acids is 1. The van der Waals surface area contributed by atoms with Gasteiger partial charge in [0.1, 0.15) is 5.82 Å². The zero-order valence-electron chi connectivity index (χ0n) is 20.3. The van der Waals surface area contributed by atoms with Crippen molar-refractivity contribution in [1.82, 2.24) is 14.8 Å². The molecule has 0 saturated carbocycles. The average Bonchev–Trinajstić information content (AvgIpc) is 3.30. The molecule has 1 unspecified atom stereocenters. The number of nitriles is 1. The molecule has 0 saturated heterocycles. The van der Waals surface area contributed by atoms with Crippen LogP contribution in [0, 0.1) is 18.3 Å². The fraction of sp³-hybridized carbons (Fsp3) is 0.214. The third-order valence-corrected chi connectivity index (χ3v) is 5.54. The summed E-state index contributed by atoms with van der Waals surface area (Å²) in [7, 11) is 1.88. The van der Waals surface area contributed by atoms with Crippen LogP contribution in [0.25, 0.3) is 11.1 Å². The second kappa shape index (κ2) is 12.3. The largest absolute Gasteiger partial charge is 0.330 e. The highest BCUT2D eigenvalue weighted by Crippen LogP contribution is 2.23. The number of rotatable bonds is 6. The van der Waals surface area contributed by atoms with Crippen molar-refractivity contribution < 1.29 is 4.79 Å². The lowest BCUT2D eigenvalue weighted by molar-refractivity contribution is -0.115. The van der Waals surface area contributed by atoms with E-state index < -0.39 is 0 Å². The number of hydrogen-bond donors (Lipinski definition) is 2. The monoisotopic (exact) mass is 466 g/mol. The third kappa shape index (κ3) is 7.36. The van der Waals surface area contributed by atoms with Crippen LogP contribution in [-0.2, 0) is 18.3 Å². The van der Waals surface area contributed by atoms with Crippen molar-refractivity contribution in [3.8, 4) is 17.2 Å². The molecule has 2 aromatic carbocycles. The Morgan fingerprint density at radius 2 is 1.83 bits per heavy atom. The standard InChI is InChI=1S/C18H18N4O.C10H12N2/c1-13-16(15-11-19-22(2)12-15)8-9-17(20-13)21-18(23)10-14-6-4-3-5-7-14;1-8(6-11)10-4-2-9(7-12)3-5-10/h3-9,11-12H,10H2,1-2H3,(H,20,21,23);2-5,8H,6,11H2,1H3. The summed E-state index contributed by atoms with van der Waals surface area (Å²) in [6.45, 7) is 4.64. The molecule has 0 aliphatic rings. The van der Waals surface area contributed by atoms with Crippen LogP contribution in [-0.4, -0.2) is 27.2 Å². The van der Waals surface area contributed by atoms with E-state index in [1.807, 2.05) is 86.9 Å². The minimum absolute atomic E-state index is 0.0720. The minimum Gasteiger partial charge on any atom is -0.330 e. The normalized spacial score (nSPS) is 11.1. The maximum atomic E-state index is 12.1. The molecule has 2 aromatic heterocycles. The van der Waals surface area contributed by atoms with Gasteiger partial charge in [0.05, 0.1) is 24.3 Å². The van der Waals surface area contributed by atoms with Crippen LogP contribution in [0.5, 0.6) is 0 Å². The van der Waals surface area contributed by atoms with E-state index in [0.29, 0.717) is 30.3 Å². The first kappa shape index (κ1) is 25.3. The van der Waals surface area contributed by atoms with E-state index in [-0.39, 0.29) is 5.91 Å². The van der Waals surface area contributed by atoms with Gasteiger partial charge in [0, 0.05) is 30.1 Å². The van der Waals surface area contributed by atoms with Crippen molar-refractivity contribution in [2.45, 2.75) is 26.2 Å². The Hall–Kier alpha value is -4.28. The number of nitrogens with zero attached hydrogens (tertiary/aromatic N) is 4. The molecule has 1 atom stereocenters. The zero-order chi connectivity index (χ0) is 25.2. The summed E-state index contributed by atoms with van der Waals surface area (Å²) in [5, 5.41) is 15.6. The summed E-state index contributed by atoms with van der Waals surface area (Å²) in [5.74, 6) is 0.867. The molecule has 7 nitrogen and oxygen atoms in total. The van der Waals surface area contributed by atoms with E-state index in [1.54, 1.807) is 10.9 Å². The number of aromatic nitrogens is 3. The molecule has 4 rings (SSSR count). The molecule has 0 aliphatic carbocycles. The first-order chi connectivity index (χ1) is 16.9. The summed E-state index contributed by atoms with van der Waals surface area (Å²) in [6, 6.07) is 23.1. The van der Waals surface area contributed by atoms with Gasteiger partial charge < -0.3 is 11.1 Å². The Balaban J connectivity index is 0.000000241. The molecule has 0 spiro atoms. The molecule has 3 N–H and O–H groups in total. The highest BCUT2D eigenvalue weighted by atomic mass is 16.1. The van der Waals surface area contributed by atoms with Gasteiger partial charge in [-0.05, 0) is 54.8 Å². The molecular formula is C28H30N6O. The predicted molar refractivity (Wildman–Crippen MR) is 139 cm³/mol. The lowest BCUT2D eigenvalue weighted by Gasteiger charge is -2.08. The molecule has 2 heterocycles. The second-order valence-electron chi connectivity index (χ2n) is 8.31. The average molecular weight is 467 g/mol. The second-order valence-corrected chi connectivity index (χ2v) is 8.31. The Bertz CT molecular complexity index is 1290.